The summed E-state index contributed by atoms with van der Waals surface area (Å²) in [4.78, 5) is 3.77. The molecule has 0 aliphatic rings. The third-order valence-electron chi connectivity index (χ3n) is 2.65. The van der Waals surface area contributed by atoms with Crippen LogP contribution in [0.3, 0.4) is 0 Å². The number of alkyl halides is 3. The average Bonchev–Trinajstić information content (AvgIpc) is 2.69. The van der Waals surface area contributed by atoms with Gasteiger partial charge in [0.05, 0.1) is 16.3 Å². The van der Waals surface area contributed by atoms with E-state index in [0.717, 1.165) is 30.1 Å². The molecule has 7 heteroatoms. The van der Waals surface area contributed by atoms with E-state index in [1.807, 2.05) is 13.0 Å². The molecule has 0 radical (unpaired) electrons. The number of nitrogens with zero attached hydrogens (tertiary/aromatic N) is 3. The largest absolute Gasteiger partial charge is 0.417 e. The molecule has 2 aromatic rings. The van der Waals surface area contributed by atoms with Crippen molar-refractivity contribution < 1.29 is 13.2 Å². The fourth-order valence-corrected chi connectivity index (χ4v) is 1.91. The molecule has 2 rings (SSSR count). The number of halogens is 4. The molecular formula is C12H11ClF3N3. The van der Waals surface area contributed by atoms with Crippen molar-refractivity contribution in [2.75, 3.05) is 0 Å². The van der Waals surface area contributed by atoms with E-state index >= 15 is 0 Å². The van der Waals surface area contributed by atoms with Crippen LogP contribution in [0.25, 0.3) is 5.82 Å². The van der Waals surface area contributed by atoms with Crippen LogP contribution in [0, 0.1) is 6.92 Å². The molecule has 102 valence electrons. The smallest absolute Gasteiger partial charge is 0.235 e. The van der Waals surface area contributed by atoms with Crippen LogP contribution >= 0.6 is 11.6 Å². The molecule has 0 aromatic carbocycles. The quantitative estimate of drug-likeness (QED) is 0.841. The van der Waals surface area contributed by atoms with E-state index in [4.69, 9.17) is 11.6 Å². The van der Waals surface area contributed by atoms with Gasteiger partial charge in [-0.2, -0.15) is 18.3 Å². The van der Waals surface area contributed by atoms with Crippen LogP contribution in [0.2, 0.25) is 5.02 Å². The van der Waals surface area contributed by atoms with Crippen LogP contribution in [0.15, 0.2) is 18.3 Å². The first-order valence-corrected chi connectivity index (χ1v) is 5.99. The van der Waals surface area contributed by atoms with Gasteiger partial charge in [0, 0.05) is 11.9 Å². The second-order valence-electron chi connectivity index (χ2n) is 4.07. The summed E-state index contributed by atoms with van der Waals surface area (Å²) in [6, 6.07) is 2.70. The van der Waals surface area contributed by atoms with E-state index in [1.165, 1.54) is 4.68 Å². The lowest BCUT2D eigenvalue weighted by molar-refractivity contribution is -0.137. The molecular weight excluding hydrogens is 279 g/mol. The van der Waals surface area contributed by atoms with E-state index in [1.54, 1.807) is 6.92 Å². The van der Waals surface area contributed by atoms with Gasteiger partial charge in [-0.25, -0.2) is 9.67 Å². The third-order valence-corrected chi connectivity index (χ3v) is 2.93. The van der Waals surface area contributed by atoms with Crippen molar-refractivity contribution >= 4 is 11.6 Å². The second kappa shape index (κ2) is 4.85. The maximum absolute atomic E-state index is 12.5. The standard InChI is InChI=1S/C12H11ClF3N3/c1-3-9-4-7(2)19(18-9)11-10(13)5-8(6-17-11)12(14,15)16/h4-6H,3H2,1-2H3. The molecule has 0 saturated carbocycles. The minimum atomic E-state index is -4.46. The van der Waals surface area contributed by atoms with Crippen molar-refractivity contribution in [2.45, 2.75) is 26.4 Å². The highest BCUT2D eigenvalue weighted by Crippen LogP contribution is 2.32. The van der Waals surface area contributed by atoms with Crippen molar-refractivity contribution in [1.29, 1.82) is 0 Å². The number of pyridine rings is 1. The topological polar surface area (TPSA) is 30.7 Å². The summed E-state index contributed by atoms with van der Waals surface area (Å²) in [5, 5.41) is 4.16. The zero-order valence-electron chi connectivity index (χ0n) is 10.3. The summed E-state index contributed by atoms with van der Waals surface area (Å²) < 4.78 is 39.0. The molecule has 2 heterocycles. The summed E-state index contributed by atoms with van der Waals surface area (Å²) in [5.74, 6) is 0.201. The Bertz CT molecular complexity index is 605. The van der Waals surface area contributed by atoms with E-state index in [9.17, 15) is 13.2 Å². The Morgan fingerprint density at radius 1 is 1.32 bits per heavy atom. The van der Waals surface area contributed by atoms with Crippen LogP contribution in [0.1, 0.15) is 23.9 Å². The molecule has 0 fully saturated rings. The molecule has 2 aromatic heterocycles. The Labute approximate surface area is 113 Å². The van der Waals surface area contributed by atoms with Gasteiger partial charge in [-0.05, 0) is 25.5 Å². The average molecular weight is 290 g/mol. The van der Waals surface area contributed by atoms with Crippen molar-refractivity contribution in [3.8, 4) is 5.82 Å². The predicted molar refractivity (Wildman–Crippen MR) is 65.5 cm³/mol. The monoisotopic (exact) mass is 289 g/mol. The maximum Gasteiger partial charge on any atom is 0.417 e. The normalized spacial score (nSPS) is 11.9. The molecule has 0 bridgehead atoms. The Balaban J connectivity index is 2.49. The van der Waals surface area contributed by atoms with Crippen molar-refractivity contribution in [2.24, 2.45) is 0 Å². The Kier molecular flexibility index (Phi) is 3.54. The molecule has 3 nitrogen and oxygen atoms in total. The third kappa shape index (κ3) is 2.73. The van der Waals surface area contributed by atoms with Gasteiger partial charge in [0.2, 0.25) is 0 Å². The molecule has 0 unspecified atom stereocenters. The van der Waals surface area contributed by atoms with Gasteiger partial charge in [-0.15, -0.1) is 0 Å². The van der Waals surface area contributed by atoms with Crippen LogP contribution < -0.4 is 0 Å². The lowest BCUT2D eigenvalue weighted by atomic mass is 10.2. The van der Waals surface area contributed by atoms with Crippen molar-refractivity contribution in [3.05, 3.63) is 40.3 Å². The minimum Gasteiger partial charge on any atom is -0.235 e. The maximum atomic E-state index is 12.5. The van der Waals surface area contributed by atoms with Crippen molar-refractivity contribution in [3.63, 3.8) is 0 Å². The SMILES string of the molecule is CCc1cc(C)n(-c2ncc(C(F)(F)F)cc2Cl)n1. The number of aromatic nitrogens is 3. The van der Waals surface area contributed by atoms with Crippen molar-refractivity contribution in [1.82, 2.24) is 14.8 Å². The Hall–Kier alpha value is -1.56. The van der Waals surface area contributed by atoms with Gasteiger partial charge >= 0.3 is 6.18 Å². The highest BCUT2D eigenvalue weighted by Gasteiger charge is 2.31. The van der Waals surface area contributed by atoms with Gasteiger partial charge in [0.15, 0.2) is 5.82 Å². The van der Waals surface area contributed by atoms with Crippen LogP contribution in [0.4, 0.5) is 13.2 Å². The number of hydrogen-bond acceptors (Lipinski definition) is 2. The fourth-order valence-electron chi connectivity index (χ4n) is 1.67. The number of rotatable bonds is 2. The Morgan fingerprint density at radius 2 is 2.00 bits per heavy atom. The summed E-state index contributed by atoms with van der Waals surface area (Å²) in [5.41, 5.74) is 0.725. The lowest BCUT2D eigenvalue weighted by Crippen LogP contribution is -2.09. The molecule has 19 heavy (non-hydrogen) atoms. The predicted octanol–water partition coefficient (Wildman–Crippen LogP) is 3.81. The van der Waals surface area contributed by atoms with Gasteiger partial charge in [-0.1, -0.05) is 18.5 Å². The highest BCUT2D eigenvalue weighted by molar-refractivity contribution is 6.32. The molecule has 0 saturated heterocycles. The molecule has 0 aliphatic heterocycles. The van der Waals surface area contributed by atoms with Gasteiger partial charge in [-0.3, -0.25) is 0 Å². The second-order valence-corrected chi connectivity index (χ2v) is 4.48. The number of hydrogen-bond donors (Lipinski definition) is 0. The fraction of sp³-hybridized carbons (Fsp3) is 0.333. The summed E-state index contributed by atoms with van der Waals surface area (Å²) >= 11 is 5.87. The highest BCUT2D eigenvalue weighted by atomic mass is 35.5. The summed E-state index contributed by atoms with van der Waals surface area (Å²) in [7, 11) is 0. The summed E-state index contributed by atoms with van der Waals surface area (Å²) in [6.45, 7) is 3.73. The first kappa shape index (κ1) is 13.9. The van der Waals surface area contributed by atoms with Crippen LogP contribution in [-0.2, 0) is 12.6 Å². The van der Waals surface area contributed by atoms with E-state index in [-0.39, 0.29) is 10.8 Å². The zero-order valence-corrected chi connectivity index (χ0v) is 11.0. The molecule has 0 atom stereocenters. The molecule has 0 spiro atoms. The van der Waals surface area contributed by atoms with Crippen LogP contribution in [0.5, 0.6) is 0 Å². The molecule has 0 N–H and O–H groups in total. The zero-order chi connectivity index (χ0) is 14.2. The minimum absolute atomic E-state index is 0.0799. The van der Waals surface area contributed by atoms with Gasteiger partial charge in [0.25, 0.3) is 0 Å². The number of aryl methyl sites for hydroxylation is 2. The molecule has 0 amide bonds. The first-order valence-electron chi connectivity index (χ1n) is 5.61. The lowest BCUT2D eigenvalue weighted by Gasteiger charge is -2.10. The van der Waals surface area contributed by atoms with Gasteiger partial charge < -0.3 is 0 Å². The Morgan fingerprint density at radius 3 is 2.47 bits per heavy atom. The first-order chi connectivity index (χ1) is 8.82. The van der Waals surface area contributed by atoms with E-state index < -0.39 is 11.7 Å². The van der Waals surface area contributed by atoms with E-state index in [2.05, 4.69) is 10.1 Å². The van der Waals surface area contributed by atoms with Crippen LogP contribution in [-0.4, -0.2) is 14.8 Å². The summed E-state index contributed by atoms with van der Waals surface area (Å²) in [6.07, 6.45) is -2.97. The van der Waals surface area contributed by atoms with E-state index in [0.29, 0.717) is 0 Å². The molecule has 0 aliphatic carbocycles. The van der Waals surface area contributed by atoms with Gasteiger partial charge in [0.1, 0.15) is 0 Å².